The Kier molecular flexibility index (Phi) is 20.5. The number of hydrogen-bond acceptors (Lipinski definition) is 7. The summed E-state index contributed by atoms with van der Waals surface area (Å²) in [6, 6.07) is 12.0. The first-order valence-electron chi connectivity index (χ1n) is 15.1. The van der Waals surface area contributed by atoms with Crippen molar-refractivity contribution in [2.24, 2.45) is 16.5 Å². The number of aliphatic hydroxyl groups is 1. The van der Waals surface area contributed by atoms with Crippen molar-refractivity contribution in [3.05, 3.63) is 59.4 Å². The van der Waals surface area contributed by atoms with Gasteiger partial charge in [-0.2, -0.15) is 4.99 Å². The van der Waals surface area contributed by atoms with Crippen LogP contribution >= 0.6 is 24.0 Å². The molecule has 1 aliphatic rings. The second-order valence-electron chi connectivity index (χ2n) is 9.78. The number of aliphatic hydroxyl groups excluding tert-OH is 1. The van der Waals surface area contributed by atoms with Crippen LogP contribution in [0.15, 0.2) is 47.5 Å². The molecule has 0 aliphatic carbocycles. The summed E-state index contributed by atoms with van der Waals surface area (Å²) in [5.74, 6) is 0.950. The third-order valence-electron chi connectivity index (χ3n) is 6.52. The SMILES string of the molecule is CC.CCN1CCCC(Oc2ccc(NC(=S)/N=C(\N)SCCCCCCN)cc2)C1.Cc1ccc(C(=O)CO)cc1F. The number of anilines is 1. The fourth-order valence-corrected chi connectivity index (χ4v) is 5.11. The minimum Gasteiger partial charge on any atom is -0.489 e. The molecule has 0 amide bonds. The van der Waals surface area contributed by atoms with Crippen LogP contribution in [0.5, 0.6) is 5.75 Å². The highest BCUT2D eigenvalue weighted by Crippen LogP contribution is 2.21. The number of piperidine rings is 1. The van der Waals surface area contributed by atoms with E-state index in [1.54, 1.807) is 18.7 Å². The number of likely N-dealkylation sites (N-methyl/N-ethyl adjacent to an activating group) is 1. The maximum absolute atomic E-state index is 12.8. The van der Waals surface area contributed by atoms with Gasteiger partial charge < -0.3 is 26.6 Å². The summed E-state index contributed by atoms with van der Waals surface area (Å²) in [7, 11) is 0. The van der Waals surface area contributed by atoms with Crippen LogP contribution < -0.4 is 21.5 Å². The molecule has 1 heterocycles. The molecule has 0 radical (unpaired) electrons. The number of ketones is 1. The number of ether oxygens (including phenoxy) is 1. The van der Waals surface area contributed by atoms with E-state index >= 15 is 0 Å². The largest absolute Gasteiger partial charge is 0.489 e. The second kappa shape index (κ2) is 22.9. The van der Waals surface area contributed by atoms with Crippen LogP contribution in [0.3, 0.4) is 0 Å². The lowest BCUT2D eigenvalue weighted by Gasteiger charge is -2.32. The standard InChI is InChI=1S/C21H35N5OS2.C9H9FO2.C2H6/c1-2-26-14-7-8-19(16-26)27-18-11-9-17(10-12-18)24-21(28)25-20(23)29-15-6-4-3-5-13-22;1-6-2-3-7(4-8(6)10)9(12)5-11;1-2/h9-12,19H,2-8,13-16,22H2,1H3,(H3,23,24,25,28);2-4,11H,5H2,1H3;1-2H3. The van der Waals surface area contributed by atoms with Crippen LogP contribution in [0.25, 0.3) is 0 Å². The van der Waals surface area contributed by atoms with Gasteiger partial charge in [0.05, 0.1) is 0 Å². The summed E-state index contributed by atoms with van der Waals surface area (Å²) in [5, 5.41) is 12.5. The molecule has 0 aromatic heterocycles. The van der Waals surface area contributed by atoms with Gasteiger partial charge in [-0.05, 0) is 100 Å². The average molecular weight is 636 g/mol. The van der Waals surface area contributed by atoms with Crippen LogP contribution in [-0.4, -0.2) is 70.7 Å². The summed E-state index contributed by atoms with van der Waals surface area (Å²) >= 11 is 6.84. The zero-order chi connectivity index (χ0) is 32.0. The molecular weight excluding hydrogens is 586 g/mol. The molecule has 0 bridgehead atoms. The summed E-state index contributed by atoms with van der Waals surface area (Å²) in [6.07, 6.45) is 7.11. The summed E-state index contributed by atoms with van der Waals surface area (Å²) < 4.78 is 19.0. The molecule has 1 aliphatic heterocycles. The first-order valence-corrected chi connectivity index (χ1v) is 16.5. The van der Waals surface area contributed by atoms with Gasteiger partial charge in [-0.15, -0.1) is 0 Å². The number of likely N-dealkylation sites (tertiary alicyclic amines) is 1. The number of aliphatic imine (C=N–C) groups is 1. The van der Waals surface area contributed by atoms with E-state index in [-0.39, 0.29) is 11.7 Å². The monoisotopic (exact) mass is 635 g/mol. The molecule has 43 heavy (non-hydrogen) atoms. The summed E-state index contributed by atoms with van der Waals surface area (Å²) in [6.45, 7) is 11.2. The molecule has 2 aromatic rings. The van der Waals surface area contributed by atoms with Gasteiger partial charge in [0.25, 0.3) is 0 Å². The van der Waals surface area contributed by atoms with E-state index in [1.807, 2.05) is 38.1 Å². The molecule has 0 saturated carbocycles. The number of thioether (sulfide) groups is 1. The molecule has 240 valence electrons. The quantitative estimate of drug-likeness (QED) is 0.0714. The van der Waals surface area contributed by atoms with Gasteiger partial charge in [-0.3, -0.25) is 9.69 Å². The molecule has 11 heteroatoms. The van der Waals surface area contributed by atoms with E-state index in [2.05, 4.69) is 22.1 Å². The number of halogens is 1. The Balaban J connectivity index is 0.000000549. The number of carbonyl (C=O) groups excluding carboxylic acids is 1. The Morgan fingerprint density at radius 3 is 2.51 bits per heavy atom. The van der Waals surface area contributed by atoms with E-state index in [0.717, 1.165) is 62.2 Å². The fourth-order valence-electron chi connectivity index (χ4n) is 4.12. The lowest BCUT2D eigenvalue weighted by molar-refractivity contribution is 0.0903. The number of nitrogens with one attached hydrogen (secondary N) is 1. The van der Waals surface area contributed by atoms with E-state index in [0.29, 0.717) is 15.8 Å². The number of nitrogens with two attached hydrogens (primary N) is 2. The lowest BCUT2D eigenvalue weighted by Crippen LogP contribution is -2.40. The van der Waals surface area contributed by atoms with E-state index in [1.165, 1.54) is 37.9 Å². The summed E-state index contributed by atoms with van der Waals surface area (Å²) in [4.78, 5) is 17.6. The van der Waals surface area contributed by atoms with Gasteiger partial charge in [-0.1, -0.05) is 57.5 Å². The summed E-state index contributed by atoms with van der Waals surface area (Å²) in [5.41, 5.74) is 13.0. The van der Waals surface area contributed by atoms with Gasteiger partial charge >= 0.3 is 0 Å². The van der Waals surface area contributed by atoms with E-state index < -0.39 is 18.2 Å². The van der Waals surface area contributed by atoms with E-state index in [9.17, 15) is 9.18 Å². The zero-order valence-corrected chi connectivity index (χ0v) is 27.7. The van der Waals surface area contributed by atoms with E-state index in [4.69, 9.17) is 33.5 Å². The number of Topliss-reactive ketones (excluding diaryl/α,β-unsaturated/α-hetero) is 1. The molecule has 2 aromatic carbocycles. The topological polar surface area (TPSA) is 126 Å². The van der Waals surface area contributed by atoms with Crippen molar-refractivity contribution in [3.63, 3.8) is 0 Å². The Labute approximate surface area is 266 Å². The third kappa shape index (κ3) is 16.2. The second-order valence-corrected chi connectivity index (χ2v) is 11.3. The van der Waals surface area contributed by atoms with Gasteiger partial charge in [0.15, 0.2) is 16.1 Å². The molecule has 0 spiro atoms. The lowest BCUT2D eigenvalue weighted by atomic mass is 10.1. The number of nitrogens with zero attached hydrogens (tertiary/aromatic N) is 2. The number of benzene rings is 2. The van der Waals surface area contributed by atoms with Crippen molar-refractivity contribution < 1.29 is 19.0 Å². The van der Waals surface area contributed by atoms with Crippen molar-refractivity contribution in [3.8, 4) is 5.75 Å². The van der Waals surface area contributed by atoms with Gasteiger partial charge in [0, 0.05) is 23.5 Å². The molecule has 3 rings (SSSR count). The number of rotatable bonds is 12. The highest BCUT2D eigenvalue weighted by Gasteiger charge is 2.20. The molecular formula is C32H50FN5O3S2. The number of amidine groups is 1. The first kappa shape index (κ1) is 38.5. The van der Waals surface area contributed by atoms with Crippen LogP contribution in [0.1, 0.15) is 75.2 Å². The maximum Gasteiger partial charge on any atom is 0.199 e. The van der Waals surface area contributed by atoms with Crippen LogP contribution in [0, 0.1) is 12.7 Å². The zero-order valence-electron chi connectivity index (χ0n) is 26.1. The van der Waals surface area contributed by atoms with Crippen molar-refractivity contribution in [2.75, 3.05) is 43.9 Å². The number of aryl methyl sites for hydroxylation is 1. The number of thiocarbonyl (C=S) groups is 1. The molecule has 1 saturated heterocycles. The minimum absolute atomic E-state index is 0.209. The van der Waals surface area contributed by atoms with Crippen LogP contribution in [-0.2, 0) is 0 Å². The van der Waals surface area contributed by atoms with Gasteiger partial charge in [0.2, 0.25) is 0 Å². The Morgan fingerprint density at radius 1 is 1.19 bits per heavy atom. The highest BCUT2D eigenvalue weighted by molar-refractivity contribution is 8.13. The van der Waals surface area contributed by atoms with Gasteiger partial charge in [0.1, 0.15) is 24.3 Å². The van der Waals surface area contributed by atoms with Crippen molar-refractivity contribution in [1.82, 2.24) is 4.90 Å². The Bertz CT molecular complexity index is 1120. The number of hydrogen-bond donors (Lipinski definition) is 4. The Morgan fingerprint density at radius 2 is 1.88 bits per heavy atom. The number of carbonyl (C=O) groups is 1. The third-order valence-corrected chi connectivity index (χ3v) is 7.59. The van der Waals surface area contributed by atoms with Crippen molar-refractivity contribution in [2.45, 2.75) is 72.3 Å². The predicted octanol–water partition coefficient (Wildman–Crippen LogP) is 6.15. The molecule has 1 unspecified atom stereocenters. The predicted molar refractivity (Wildman–Crippen MR) is 184 cm³/mol. The smallest absolute Gasteiger partial charge is 0.199 e. The van der Waals surface area contributed by atoms with Crippen LogP contribution in [0.4, 0.5) is 10.1 Å². The van der Waals surface area contributed by atoms with Crippen molar-refractivity contribution in [1.29, 1.82) is 0 Å². The highest BCUT2D eigenvalue weighted by atomic mass is 32.2. The molecule has 1 atom stereocenters. The van der Waals surface area contributed by atoms with Crippen LogP contribution in [0.2, 0.25) is 0 Å². The van der Waals surface area contributed by atoms with Crippen molar-refractivity contribution >= 4 is 45.7 Å². The fraction of sp³-hybridized carbons (Fsp3) is 0.531. The number of unbranched alkanes of at least 4 members (excludes halogenated alkanes) is 3. The van der Waals surface area contributed by atoms with Gasteiger partial charge in [-0.25, -0.2) is 4.39 Å². The normalized spacial score (nSPS) is 15.0. The Hall–Kier alpha value is -2.57. The first-order chi connectivity index (χ1) is 20.7. The molecule has 1 fully saturated rings. The average Bonchev–Trinajstić information content (AvgIpc) is 3.02. The molecule has 8 nitrogen and oxygen atoms in total. The maximum atomic E-state index is 12.8. The minimum atomic E-state index is -0.581. The molecule has 6 N–H and O–H groups in total.